The van der Waals surface area contributed by atoms with Gasteiger partial charge in [-0.2, -0.15) is 11.3 Å². The highest BCUT2D eigenvalue weighted by Crippen LogP contribution is 2.37. The molecule has 3 heteroatoms. The number of carbonyl (C=O) groups excluding carboxylic acids is 1. The van der Waals surface area contributed by atoms with Crippen LogP contribution in [0, 0.1) is 0 Å². The minimum Gasteiger partial charge on any atom is -0.497 e. The lowest BCUT2D eigenvalue weighted by Gasteiger charge is -2.29. The van der Waals surface area contributed by atoms with E-state index >= 15 is 0 Å². The van der Waals surface area contributed by atoms with E-state index in [4.69, 9.17) is 4.74 Å². The lowest BCUT2D eigenvalue weighted by Crippen LogP contribution is -2.25. The van der Waals surface area contributed by atoms with Gasteiger partial charge in [0.15, 0.2) is 0 Å². The fraction of sp³-hybridized carbons (Fsp3) is 0.312. The summed E-state index contributed by atoms with van der Waals surface area (Å²) >= 11 is 1.66. The quantitative estimate of drug-likeness (QED) is 0.822. The predicted octanol–water partition coefficient (Wildman–Crippen LogP) is 4.04. The maximum atomic E-state index is 11.6. The van der Waals surface area contributed by atoms with E-state index in [1.54, 1.807) is 25.4 Å². The molecule has 2 rings (SSSR count). The summed E-state index contributed by atoms with van der Waals surface area (Å²) in [5.41, 5.74) is 2.07. The second-order valence-corrected chi connectivity index (χ2v) is 5.73. The zero-order valence-corrected chi connectivity index (χ0v) is 12.3. The molecule has 19 heavy (non-hydrogen) atoms. The zero-order chi connectivity index (χ0) is 13.9. The topological polar surface area (TPSA) is 26.3 Å². The van der Waals surface area contributed by atoms with Gasteiger partial charge < -0.3 is 4.74 Å². The molecule has 0 N–H and O–H groups in total. The molecule has 0 unspecified atom stereocenters. The number of rotatable bonds is 5. The maximum Gasteiger partial charge on any atom is 0.131 e. The van der Waals surface area contributed by atoms with E-state index in [2.05, 4.69) is 23.8 Å². The van der Waals surface area contributed by atoms with E-state index in [9.17, 15) is 4.79 Å². The van der Waals surface area contributed by atoms with Crippen molar-refractivity contribution in [1.82, 2.24) is 0 Å². The van der Waals surface area contributed by atoms with Gasteiger partial charge in [0, 0.05) is 11.8 Å². The van der Waals surface area contributed by atoms with Crippen molar-refractivity contribution in [2.75, 3.05) is 7.11 Å². The molecule has 0 aliphatic rings. The highest BCUT2D eigenvalue weighted by Gasteiger charge is 2.30. The minimum atomic E-state index is -0.266. The predicted molar refractivity (Wildman–Crippen MR) is 79.1 cm³/mol. The van der Waals surface area contributed by atoms with Gasteiger partial charge in [0.25, 0.3) is 0 Å². The van der Waals surface area contributed by atoms with E-state index < -0.39 is 0 Å². The Morgan fingerprint density at radius 1 is 1.21 bits per heavy atom. The van der Waals surface area contributed by atoms with Crippen LogP contribution in [0.3, 0.4) is 0 Å². The van der Waals surface area contributed by atoms with Crippen molar-refractivity contribution in [1.29, 1.82) is 0 Å². The van der Waals surface area contributed by atoms with Crippen molar-refractivity contribution in [3.63, 3.8) is 0 Å². The number of Topliss-reactive ketones (excluding diaryl/α,β-unsaturated/α-hetero) is 1. The van der Waals surface area contributed by atoms with Crippen LogP contribution in [0.4, 0.5) is 0 Å². The van der Waals surface area contributed by atoms with Crippen molar-refractivity contribution >= 4 is 17.1 Å². The molecule has 100 valence electrons. The van der Waals surface area contributed by atoms with Gasteiger partial charge in [-0.1, -0.05) is 19.1 Å². The molecule has 0 amide bonds. The van der Waals surface area contributed by atoms with Crippen molar-refractivity contribution < 1.29 is 9.53 Å². The molecule has 0 radical (unpaired) electrons. The first-order valence-corrected chi connectivity index (χ1v) is 7.17. The summed E-state index contributed by atoms with van der Waals surface area (Å²) < 4.78 is 5.19. The number of methoxy groups -OCH3 is 1. The third kappa shape index (κ3) is 2.87. The second kappa shape index (κ2) is 5.57. The Labute approximate surface area is 118 Å². The highest BCUT2D eigenvalue weighted by molar-refractivity contribution is 7.08. The molecule has 0 fully saturated rings. The molecule has 0 saturated heterocycles. The molecule has 0 bridgehead atoms. The number of hydrogen-bond donors (Lipinski definition) is 0. The number of benzene rings is 1. The Morgan fingerprint density at radius 2 is 1.89 bits per heavy atom. The maximum absolute atomic E-state index is 11.6. The largest absolute Gasteiger partial charge is 0.497 e. The van der Waals surface area contributed by atoms with Gasteiger partial charge >= 0.3 is 0 Å². The molecule has 0 spiro atoms. The SMILES string of the molecule is COc1ccc([C@](C)(CC(C)=O)c2ccsc2)cc1. The van der Waals surface area contributed by atoms with Crippen LogP contribution in [0.5, 0.6) is 5.75 Å². The normalized spacial score (nSPS) is 13.8. The average Bonchev–Trinajstić information content (AvgIpc) is 2.92. The van der Waals surface area contributed by atoms with Crippen molar-refractivity contribution in [3.8, 4) is 5.75 Å². The van der Waals surface area contributed by atoms with Gasteiger partial charge in [0.1, 0.15) is 11.5 Å². The molecular formula is C16H18O2S. The number of thiophene rings is 1. The Balaban J connectivity index is 2.44. The molecule has 2 aromatic rings. The van der Waals surface area contributed by atoms with Gasteiger partial charge in [-0.3, -0.25) is 4.79 Å². The van der Waals surface area contributed by atoms with Crippen LogP contribution in [0.25, 0.3) is 0 Å². The molecule has 2 nitrogen and oxygen atoms in total. The molecular weight excluding hydrogens is 256 g/mol. The summed E-state index contributed by atoms with van der Waals surface area (Å²) in [6.45, 7) is 3.77. The Hall–Kier alpha value is -1.61. The molecule has 1 heterocycles. The Kier molecular flexibility index (Phi) is 4.05. The van der Waals surface area contributed by atoms with Crippen molar-refractivity contribution in [2.45, 2.75) is 25.7 Å². The Morgan fingerprint density at radius 3 is 2.37 bits per heavy atom. The number of ketones is 1. The fourth-order valence-electron chi connectivity index (χ4n) is 2.41. The molecule has 0 aliphatic heterocycles. The summed E-state index contributed by atoms with van der Waals surface area (Å²) in [7, 11) is 1.66. The third-order valence-corrected chi connectivity index (χ3v) is 4.17. The first kappa shape index (κ1) is 13.8. The van der Waals surface area contributed by atoms with E-state index in [1.807, 2.05) is 24.3 Å². The number of carbonyl (C=O) groups is 1. The van der Waals surface area contributed by atoms with Gasteiger partial charge in [0.05, 0.1) is 7.11 Å². The van der Waals surface area contributed by atoms with Crippen molar-refractivity contribution in [3.05, 3.63) is 52.2 Å². The van der Waals surface area contributed by atoms with Gasteiger partial charge in [-0.25, -0.2) is 0 Å². The average molecular weight is 274 g/mol. The smallest absolute Gasteiger partial charge is 0.131 e. The monoisotopic (exact) mass is 274 g/mol. The number of ether oxygens (including phenoxy) is 1. The first-order valence-electron chi connectivity index (χ1n) is 6.23. The fourth-order valence-corrected chi connectivity index (χ4v) is 3.20. The summed E-state index contributed by atoms with van der Waals surface area (Å²) in [5.74, 6) is 1.03. The highest BCUT2D eigenvalue weighted by atomic mass is 32.1. The standard InChI is InChI=1S/C16H18O2S/c1-12(17)10-16(2,14-8-9-19-11-14)13-4-6-15(18-3)7-5-13/h4-9,11H,10H2,1-3H3/t16-/m0/s1. The Bertz CT molecular complexity index is 543. The summed E-state index contributed by atoms with van der Waals surface area (Å²) in [6.07, 6.45) is 0.510. The minimum absolute atomic E-state index is 0.199. The lowest BCUT2D eigenvalue weighted by atomic mass is 9.74. The molecule has 1 aromatic carbocycles. The van der Waals surface area contributed by atoms with E-state index in [-0.39, 0.29) is 11.2 Å². The molecule has 1 atom stereocenters. The number of hydrogen-bond acceptors (Lipinski definition) is 3. The van der Waals surface area contributed by atoms with Crippen LogP contribution < -0.4 is 4.74 Å². The van der Waals surface area contributed by atoms with Crippen LogP contribution in [-0.2, 0) is 10.2 Å². The van der Waals surface area contributed by atoms with Crippen LogP contribution in [0.2, 0.25) is 0 Å². The summed E-state index contributed by atoms with van der Waals surface area (Å²) in [5, 5.41) is 4.17. The van der Waals surface area contributed by atoms with Crippen LogP contribution in [-0.4, -0.2) is 12.9 Å². The summed E-state index contributed by atoms with van der Waals surface area (Å²) in [4.78, 5) is 11.6. The molecule has 0 saturated carbocycles. The zero-order valence-electron chi connectivity index (χ0n) is 11.5. The lowest BCUT2D eigenvalue weighted by molar-refractivity contribution is -0.117. The van der Waals surface area contributed by atoms with E-state index in [1.165, 1.54) is 5.56 Å². The van der Waals surface area contributed by atoms with Crippen LogP contribution in [0.1, 0.15) is 31.4 Å². The van der Waals surface area contributed by atoms with Gasteiger partial charge in [0.2, 0.25) is 0 Å². The van der Waals surface area contributed by atoms with E-state index in [0.29, 0.717) is 6.42 Å². The first-order chi connectivity index (χ1) is 9.06. The summed E-state index contributed by atoms with van der Waals surface area (Å²) in [6, 6.07) is 10.1. The molecule has 0 aliphatic carbocycles. The second-order valence-electron chi connectivity index (χ2n) is 4.95. The molecule has 1 aromatic heterocycles. The van der Waals surface area contributed by atoms with E-state index in [0.717, 1.165) is 11.3 Å². The van der Waals surface area contributed by atoms with Gasteiger partial charge in [-0.15, -0.1) is 0 Å². The van der Waals surface area contributed by atoms with Crippen molar-refractivity contribution in [2.24, 2.45) is 0 Å². The third-order valence-electron chi connectivity index (χ3n) is 3.49. The van der Waals surface area contributed by atoms with Crippen LogP contribution >= 0.6 is 11.3 Å². The van der Waals surface area contributed by atoms with Gasteiger partial charge in [-0.05, 0) is 47.0 Å². The van der Waals surface area contributed by atoms with Crippen LogP contribution in [0.15, 0.2) is 41.1 Å².